The third-order valence-corrected chi connectivity index (χ3v) is 12.0. The molecular weight excluding hydrogens is 855 g/mol. The van der Waals surface area contributed by atoms with Gasteiger partial charge in [-0.1, -0.05) is 95.5 Å². The molecule has 3 unspecified atom stereocenters. The summed E-state index contributed by atoms with van der Waals surface area (Å²) in [6.07, 6.45) is 0.180. The molecule has 5 aromatic carbocycles. The first-order valence-electron chi connectivity index (χ1n) is 20.4. The van der Waals surface area contributed by atoms with Crippen LogP contribution in [0.1, 0.15) is 94.1 Å². The van der Waals surface area contributed by atoms with Gasteiger partial charge in [0.2, 0.25) is 0 Å². The minimum Gasteiger partial charge on any atom is -0.391 e. The Labute approximate surface area is 376 Å². The van der Waals surface area contributed by atoms with Crippen LogP contribution in [0, 0.1) is 20.8 Å². The van der Waals surface area contributed by atoms with Crippen molar-refractivity contribution >= 4 is 58.4 Å². The van der Waals surface area contributed by atoms with E-state index < -0.39 is 30.3 Å². The molecule has 13 heteroatoms. The second-order valence-electron chi connectivity index (χ2n) is 15.5. The number of alkyl halides is 2. The predicted molar refractivity (Wildman–Crippen MR) is 242 cm³/mol. The van der Waals surface area contributed by atoms with Gasteiger partial charge < -0.3 is 10.8 Å². The summed E-state index contributed by atoms with van der Waals surface area (Å²) in [6.45, 7) is 5.69. The van der Waals surface area contributed by atoms with Gasteiger partial charge in [-0.2, -0.15) is 0 Å². The molecule has 0 saturated heterocycles. The molecule has 0 aliphatic carbocycles. The number of β-amino-alcohol motifs (C(OH)–C–C–N with tert-alkyl or cyclic N) is 1. The number of benzene rings is 5. The number of halogens is 5. The molecule has 2 aliphatic heterocycles. The Bertz CT molecular complexity index is 2210. The largest absolute Gasteiger partial charge is 0.391 e. The lowest BCUT2D eigenvalue weighted by molar-refractivity contribution is 0.0532. The van der Waals surface area contributed by atoms with Crippen LogP contribution in [-0.2, 0) is 19.3 Å². The third-order valence-electron chi connectivity index (χ3n) is 10.7. The molecule has 0 spiro atoms. The summed E-state index contributed by atoms with van der Waals surface area (Å²) < 4.78 is 27.2. The Morgan fingerprint density at radius 2 is 0.839 bits per heavy atom. The molecule has 0 bridgehead atoms. The molecule has 0 fully saturated rings. The van der Waals surface area contributed by atoms with Crippen molar-refractivity contribution in [2.24, 2.45) is 5.73 Å². The molecule has 62 heavy (non-hydrogen) atoms. The normalized spacial score (nSPS) is 14.4. The van der Waals surface area contributed by atoms with Crippen molar-refractivity contribution in [2.45, 2.75) is 77.7 Å². The number of imide groups is 2. The highest BCUT2D eigenvalue weighted by Crippen LogP contribution is 2.26. The third kappa shape index (κ3) is 12.6. The van der Waals surface area contributed by atoms with E-state index in [1.54, 1.807) is 54.6 Å². The minimum absolute atomic E-state index is 0.0128. The fraction of sp³-hybridized carbons (Fsp3) is 0.306. The Hall–Kier alpha value is -4.97. The first kappa shape index (κ1) is 48.1. The monoisotopic (exact) mass is 903 g/mol. The average Bonchev–Trinajstić information content (AvgIpc) is 3.65. The van der Waals surface area contributed by atoms with Crippen molar-refractivity contribution in [2.75, 3.05) is 19.6 Å². The van der Waals surface area contributed by atoms with Gasteiger partial charge in [0.25, 0.3) is 23.6 Å². The second-order valence-corrected chi connectivity index (χ2v) is 16.7. The number of rotatable bonds is 14. The van der Waals surface area contributed by atoms with Crippen LogP contribution in [0.15, 0.2) is 103 Å². The maximum Gasteiger partial charge on any atom is 0.261 e. The van der Waals surface area contributed by atoms with Crippen molar-refractivity contribution in [3.8, 4) is 0 Å². The summed E-state index contributed by atoms with van der Waals surface area (Å²) in [7, 11) is 0. The quantitative estimate of drug-likeness (QED) is 0.107. The minimum atomic E-state index is -1.26. The van der Waals surface area contributed by atoms with Gasteiger partial charge in [0.1, 0.15) is 12.3 Å². The van der Waals surface area contributed by atoms with Crippen LogP contribution in [0.4, 0.5) is 8.78 Å². The van der Waals surface area contributed by atoms with Crippen molar-refractivity contribution in [1.82, 2.24) is 9.80 Å². The first-order chi connectivity index (χ1) is 29.6. The second kappa shape index (κ2) is 22.4. The number of nitrogens with zero attached hydrogens (tertiary/aromatic N) is 2. The molecular formula is C49H50Cl3F2N3O5. The van der Waals surface area contributed by atoms with Gasteiger partial charge in [0, 0.05) is 21.6 Å². The molecule has 326 valence electrons. The Morgan fingerprint density at radius 3 is 1.18 bits per heavy atom. The van der Waals surface area contributed by atoms with E-state index in [2.05, 4.69) is 0 Å². The number of carbonyl (C=O) groups excluding carboxylic acids is 4. The number of hydrogen-bond donors (Lipinski definition) is 2. The number of hydrogen-bond acceptors (Lipinski definition) is 6. The van der Waals surface area contributed by atoms with E-state index in [0.717, 1.165) is 54.6 Å². The van der Waals surface area contributed by atoms with Crippen LogP contribution >= 0.6 is 34.8 Å². The fourth-order valence-electron chi connectivity index (χ4n) is 7.09. The van der Waals surface area contributed by atoms with E-state index in [0.29, 0.717) is 58.0 Å². The van der Waals surface area contributed by atoms with Gasteiger partial charge in [-0.25, -0.2) is 8.78 Å². The van der Waals surface area contributed by atoms with Crippen LogP contribution < -0.4 is 5.73 Å². The number of aliphatic hydroxyl groups excluding tert-OH is 1. The Kier molecular flexibility index (Phi) is 17.4. The summed E-state index contributed by atoms with van der Waals surface area (Å²) in [6, 6.07) is 30.4. The van der Waals surface area contributed by atoms with Crippen molar-refractivity contribution in [3.05, 3.63) is 174 Å². The lowest BCUT2D eigenvalue weighted by Gasteiger charge is -2.18. The van der Waals surface area contributed by atoms with Crippen LogP contribution in [0.2, 0.25) is 15.1 Å². The highest BCUT2D eigenvalue weighted by Gasteiger charge is 2.37. The van der Waals surface area contributed by atoms with Crippen LogP contribution in [0.3, 0.4) is 0 Å². The van der Waals surface area contributed by atoms with E-state index in [9.17, 15) is 33.1 Å². The zero-order valence-corrected chi connectivity index (χ0v) is 37.1. The summed E-state index contributed by atoms with van der Waals surface area (Å²) >= 11 is 17.9. The van der Waals surface area contributed by atoms with Gasteiger partial charge in [-0.05, 0) is 135 Å². The molecule has 7 rings (SSSR count). The van der Waals surface area contributed by atoms with E-state index in [-0.39, 0.29) is 37.9 Å². The topological polar surface area (TPSA) is 121 Å². The maximum absolute atomic E-state index is 14.3. The molecule has 0 radical (unpaired) electrons. The maximum atomic E-state index is 14.3. The SMILES string of the molecule is Cc1cc(CCC(F)CN)ccc1Cl.Cc1cc(CCC(F)CN2C(=O)c3ccccc3C2=O)ccc1Cl.Cc1cc(CCC(O)CN2C(=O)c3ccccc3C2=O)ccc1Cl. The number of fused-ring (bicyclic) bond motifs is 2. The van der Waals surface area contributed by atoms with E-state index >= 15 is 0 Å². The number of aryl methyl sites for hydroxylation is 6. The molecule has 5 aromatic rings. The summed E-state index contributed by atoms with van der Waals surface area (Å²) in [4.78, 5) is 51.1. The van der Waals surface area contributed by atoms with Gasteiger partial charge in [-0.15, -0.1) is 0 Å². The predicted octanol–water partition coefficient (Wildman–Crippen LogP) is 10.3. The summed E-state index contributed by atoms with van der Waals surface area (Å²) in [5, 5.41) is 12.4. The van der Waals surface area contributed by atoms with Crippen LogP contribution in [0.25, 0.3) is 0 Å². The molecule has 0 saturated carbocycles. The molecule has 3 N–H and O–H groups in total. The van der Waals surface area contributed by atoms with E-state index in [4.69, 9.17) is 40.5 Å². The zero-order chi connectivity index (χ0) is 45.1. The smallest absolute Gasteiger partial charge is 0.261 e. The number of nitrogens with two attached hydrogens (primary N) is 1. The first-order valence-corrected chi connectivity index (χ1v) is 21.5. The van der Waals surface area contributed by atoms with Crippen LogP contribution in [-0.4, -0.2) is 76.6 Å². The highest BCUT2D eigenvalue weighted by molar-refractivity contribution is 6.32. The van der Waals surface area contributed by atoms with Crippen molar-refractivity contribution in [1.29, 1.82) is 0 Å². The molecule has 4 amide bonds. The summed E-state index contributed by atoms with van der Waals surface area (Å²) in [5.74, 6) is -1.50. The van der Waals surface area contributed by atoms with Crippen molar-refractivity contribution < 1.29 is 33.1 Å². The van der Waals surface area contributed by atoms with Crippen molar-refractivity contribution in [3.63, 3.8) is 0 Å². The average molecular weight is 905 g/mol. The zero-order valence-electron chi connectivity index (χ0n) is 34.9. The van der Waals surface area contributed by atoms with Gasteiger partial charge in [-0.3, -0.25) is 29.0 Å². The number of aliphatic hydroxyl groups is 1. The van der Waals surface area contributed by atoms with Crippen LogP contribution in [0.5, 0.6) is 0 Å². The van der Waals surface area contributed by atoms with Gasteiger partial charge in [0.05, 0.1) is 41.4 Å². The fourth-order valence-corrected chi connectivity index (χ4v) is 7.44. The molecule has 2 aliphatic rings. The van der Waals surface area contributed by atoms with E-state index in [1.165, 1.54) is 0 Å². The molecule has 3 atom stereocenters. The molecule has 2 heterocycles. The lowest BCUT2D eigenvalue weighted by atomic mass is 10.0. The number of carbonyl (C=O) groups is 4. The lowest BCUT2D eigenvalue weighted by Crippen LogP contribution is -2.37. The Morgan fingerprint density at radius 1 is 0.516 bits per heavy atom. The van der Waals surface area contributed by atoms with Gasteiger partial charge in [0.15, 0.2) is 0 Å². The van der Waals surface area contributed by atoms with Gasteiger partial charge >= 0.3 is 0 Å². The molecule has 0 aromatic heterocycles. The van der Waals surface area contributed by atoms with E-state index in [1.807, 2.05) is 69.3 Å². The summed E-state index contributed by atoms with van der Waals surface area (Å²) in [5.41, 5.74) is 12.8. The highest BCUT2D eigenvalue weighted by atomic mass is 35.5. The standard InChI is InChI=1S/C19H17ClFNO2.C19H18ClNO3.C11H15ClFN/c1-12-10-13(7-9-17(12)20)6-8-14(21)11-22-18(23)15-4-2-3-5-16(15)19(22)24;1-12-10-13(7-9-17(12)20)6-8-14(22)11-21-18(23)15-4-2-3-5-16(15)19(21)24;1-8-6-9(3-5-11(8)12)2-4-10(13)7-14/h2-5,7,9-10,14H,6,8,11H2,1H3;2-5,7,9-10,14,22H,6,8,11H2,1H3;3,5-6,10H,2,4,7,14H2,1H3. The molecule has 8 nitrogen and oxygen atoms in total. The number of amides is 4. The Balaban J connectivity index is 0.000000183.